The molecule has 1 aliphatic rings. The van der Waals surface area contributed by atoms with Crippen molar-refractivity contribution in [1.82, 2.24) is 9.88 Å². The van der Waals surface area contributed by atoms with Crippen LogP contribution in [0.1, 0.15) is 53.9 Å². The third-order valence-corrected chi connectivity index (χ3v) is 5.63. The van der Waals surface area contributed by atoms with Crippen LogP contribution in [0.5, 0.6) is 0 Å². The van der Waals surface area contributed by atoms with E-state index in [1.165, 1.54) is 25.3 Å². The molecule has 1 aromatic heterocycles. The van der Waals surface area contributed by atoms with Crippen LogP contribution in [0, 0.1) is 6.92 Å². The van der Waals surface area contributed by atoms with Gasteiger partial charge in [-0.15, -0.1) is 0 Å². The van der Waals surface area contributed by atoms with Crippen LogP contribution in [0.2, 0.25) is 0 Å². The molecule has 34 heavy (non-hydrogen) atoms. The van der Waals surface area contributed by atoms with E-state index in [2.05, 4.69) is 5.32 Å². The number of rotatable bonds is 6. The number of carbonyl (C=O) groups is 1. The summed E-state index contributed by atoms with van der Waals surface area (Å²) >= 11 is 0. The third kappa shape index (κ3) is 5.93. The molecule has 0 unspecified atom stereocenters. The molecule has 2 aromatic rings. The number of amides is 1. The molecule has 188 valence electrons. The zero-order chi connectivity index (χ0) is 25.5. The number of halogens is 6. The van der Waals surface area contributed by atoms with Crippen molar-refractivity contribution in [3.8, 4) is 11.3 Å². The SMILES string of the molecule is Cc1c(C(=O)NCC(C)(C)O)cc(-c2cc(C(F)(F)F)ccc2C(F)(F)F)n1C[C@H]1CCCO1. The van der Waals surface area contributed by atoms with Crippen molar-refractivity contribution in [3.05, 3.63) is 46.6 Å². The Hall–Kier alpha value is -2.53. The minimum absolute atomic E-state index is 0.00258. The third-order valence-electron chi connectivity index (χ3n) is 5.63. The van der Waals surface area contributed by atoms with E-state index in [9.17, 15) is 36.2 Å². The van der Waals surface area contributed by atoms with Gasteiger partial charge in [0.1, 0.15) is 0 Å². The molecule has 1 aromatic carbocycles. The first-order valence-electron chi connectivity index (χ1n) is 10.7. The molecule has 0 radical (unpaired) electrons. The Kier molecular flexibility index (Phi) is 7.10. The maximum absolute atomic E-state index is 13.8. The molecule has 0 saturated carbocycles. The number of aromatic nitrogens is 1. The fraction of sp³-hybridized carbons (Fsp3) is 0.522. The standard InChI is InChI=1S/C23H26F6N2O3/c1-13-16(20(32)30-12-21(2,3)33)10-19(31(13)11-15-5-4-8-34-15)17-9-14(22(24,25)26)6-7-18(17)23(27,28)29/h6-7,9-10,15,33H,4-5,8,11-12H2,1-3H3,(H,30,32)/t15-/m1/s1. The number of aliphatic hydroxyl groups is 1. The molecule has 1 saturated heterocycles. The zero-order valence-corrected chi connectivity index (χ0v) is 18.9. The lowest BCUT2D eigenvalue weighted by Crippen LogP contribution is -2.38. The number of hydrogen-bond donors (Lipinski definition) is 2. The topological polar surface area (TPSA) is 63.5 Å². The summed E-state index contributed by atoms with van der Waals surface area (Å²) < 4.78 is 88.5. The summed E-state index contributed by atoms with van der Waals surface area (Å²) in [5, 5.41) is 12.4. The Balaban J connectivity index is 2.18. The molecule has 1 amide bonds. The van der Waals surface area contributed by atoms with Crippen molar-refractivity contribution < 1.29 is 41.0 Å². The summed E-state index contributed by atoms with van der Waals surface area (Å²) in [6.07, 6.45) is -8.75. The first-order valence-corrected chi connectivity index (χ1v) is 10.7. The highest BCUT2D eigenvalue weighted by Crippen LogP contribution is 2.42. The highest BCUT2D eigenvalue weighted by atomic mass is 19.4. The second kappa shape index (κ2) is 9.26. The molecule has 2 N–H and O–H groups in total. The summed E-state index contributed by atoms with van der Waals surface area (Å²) in [6, 6.07) is 2.42. The van der Waals surface area contributed by atoms with E-state index < -0.39 is 40.6 Å². The molecule has 0 aliphatic carbocycles. The van der Waals surface area contributed by atoms with E-state index in [4.69, 9.17) is 4.74 Å². The Morgan fingerprint density at radius 1 is 1.15 bits per heavy atom. The van der Waals surface area contributed by atoms with Gasteiger partial charge in [-0.3, -0.25) is 4.79 Å². The van der Waals surface area contributed by atoms with Gasteiger partial charge in [0, 0.05) is 36.6 Å². The molecule has 11 heteroatoms. The smallest absolute Gasteiger partial charge is 0.389 e. The molecule has 0 spiro atoms. The molecule has 3 rings (SSSR count). The lowest BCUT2D eigenvalue weighted by Gasteiger charge is -2.20. The zero-order valence-electron chi connectivity index (χ0n) is 18.9. The Morgan fingerprint density at radius 2 is 1.82 bits per heavy atom. The van der Waals surface area contributed by atoms with Gasteiger partial charge < -0.3 is 19.7 Å². The van der Waals surface area contributed by atoms with Crippen molar-refractivity contribution in [2.75, 3.05) is 13.2 Å². The summed E-state index contributed by atoms with van der Waals surface area (Å²) in [5.41, 5.74) is -4.27. The molecule has 0 bridgehead atoms. The molecule has 1 aliphatic heterocycles. The van der Waals surface area contributed by atoms with Gasteiger partial charge in [-0.25, -0.2) is 0 Å². The quantitative estimate of drug-likeness (QED) is 0.547. The number of hydrogen-bond acceptors (Lipinski definition) is 3. The first-order chi connectivity index (χ1) is 15.6. The van der Waals surface area contributed by atoms with Crippen LogP contribution in [0.25, 0.3) is 11.3 Å². The summed E-state index contributed by atoms with van der Waals surface area (Å²) in [6.45, 7) is 4.86. The fourth-order valence-corrected chi connectivity index (χ4v) is 3.90. The monoisotopic (exact) mass is 492 g/mol. The molecule has 5 nitrogen and oxygen atoms in total. The average Bonchev–Trinajstić information content (AvgIpc) is 3.33. The molecular weight excluding hydrogens is 466 g/mol. The van der Waals surface area contributed by atoms with Gasteiger partial charge >= 0.3 is 12.4 Å². The Labute approximate surface area is 192 Å². The molecule has 1 fully saturated rings. The predicted octanol–water partition coefficient (Wildman–Crippen LogP) is 5.18. The van der Waals surface area contributed by atoms with Gasteiger partial charge in [-0.05, 0) is 57.9 Å². The van der Waals surface area contributed by atoms with Crippen LogP contribution in [0.15, 0.2) is 24.3 Å². The normalized spacial score (nSPS) is 17.3. The molecule has 1 atom stereocenters. The highest BCUT2D eigenvalue weighted by molar-refractivity contribution is 5.97. The number of benzene rings is 1. The minimum Gasteiger partial charge on any atom is -0.389 e. The summed E-state index contributed by atoms with van der Waals surface area (Å²) in [5.74, 6) is -0.660. The second-order valence-corrected chi connectivity index (χ2v) is 9.03. The van der Waals surface area contributed by atoms with Crippen molar-refractivity contribution in [3.63, 3.8) is 0 Å². The van der Waals surface area contributed by atoms with Crippen molar-refractivity contribution >= 4 is 5.91 Å². The van der Waals surface area contributed by atoms with Crippen LogP contribution in [0.3, 0.4) is 0 Å². The van der Waals surface area contributed by atoms with Crippen LogP contribution < -0.4 is 5.32 Å². The van der Waals surface area contributed by atoms with Gasteiger partial charge in [0.25, 0.3) is 5.91 Å². The van der Waals surface area contributed by atoms with Crippen LogP contribution in [-0.4, -0.2) is 40.4 Å². The molecular formula is C23H26F6N2O3. The maximum Gasteiger partial charge on any atom is 0.417 e. The van der Waals surface area contributed by atoms with Crippen molar-refractivity contribution in [2.24, 2.45) is 0 Å². The maximum atomic E-state index is 13.8. The van der Waals surface area contributed by atoms with Crippen molar-refractivity contribution in [2.45, 2.75) is 64.2 Å². The van der Waals surface area contributed by atoms with Crippen LogP contribution in [-0.2, 0) is 23.6 Å². The van der Waals surface area contributed by atoms with Gasteiger partial charge in [0.15, 0.2) is 0 Å². The lowest BCUT2D eigenvalue weighted by molar-refractivity contribution is -0.141. The molecule has 2 heterocycles. The first kappa shape index (κ1) is 26.1. The number of carbonyl (C=O) groups excluding carboxylic acids is 1. The number of alkyl halides is 6. The minimum atomic E-state index is -4.92. The van der Waals surface area contributed by atoms with Crippen LogP contribution in [0.4, 0.5) is 26.3 Å². The van der Waals surface area contributed by atoms with E-state index in [0.29, 0.717) is 31.2 Å². The van der Waals surface area contributed by atoms with Crippen LogP contribution >= 0.6 is 0 Å². The van der Waals surface area contributed by atoms with Gasteiger partial charge in [-0.2, -0.15) is 26.3 Å². The van der Waals surface area contributed by atoms with E-state index in [1.807, 2.05) is 0 Å². The lowest BCUT2D eigenvalue weighted by atomic mass is 9.99. The van der Waals surface area contributed by atoms with E-state index in [1.54, 1.807) is 0 Å². The highest BCUT2D eigenvalue weighted by Gasteiger charge is 2.38. The van der Waals surface area contributed by atoms with Gasteiger partial charge in [0.05, 0.1) is 28.4 Å². The summed E-state index contributed by atoms with van der Waals surface area (Å²) in [7, 11) is 0. The largest absolute Gasteiger partial charge is 0.417 e. The number of nitrogens with one attached hydrogen (secondary N) is 1. The fourth-order valence-electron chi connectivity index (χ4n) is 3.90. The van der Waals surface area contributed by atoms with E-state index in [-0.39, 0.29) is 36.1 Å². The summed E-state index contributed by atoms with van der Waals surface area (Å²) in [4.78, 5) is 12.8. The Bertz CT molecular complexity index is 1040. The number of nitrogens with zero attached hydrogens (tertiary/aromatic N) is 1. The second-order valence-electron chi connectivity index (χ2n) is 9.03. The average molecular weight is 492 g/mol. The van der Waals surface area contributed by atoms with Crippen molar-refractivity contribution in [1.29, 1.82) is 0 Å². The van der Waals surface area contributed by atoms with Gasteiger partial charge in [-0.1, -0.05) is 0 Å². The number of ether oxygens (including phenoxy) is 1. The van der Waals surface area contributed by atoms with E-state index >= 15 is 0 Å². The Morgan fingerprint density at radius 3 is 2.35 bits per heavy atom. The predicted molar refractivity (Wildman–Crippen MR) is 112 cm³/mol. The van der Waals surface area contributed by atoms with Gasteiger partial charge in [0.2, 0.25) is 0 Å². The van der Waals surface area contributed by atoms with E-state index in [0.717, 1.165) is 12.5 Å².